The molecule has 2 aromatic heterocycles. The molecule has 0 bridgehead atoms. The number of hydrogen-bond acceptors (Lipinski definition) is 5. The molecule has 9 aromatic carbocycles. The molecule has 3 aliphatic heterocycles. The second-order valence-corrected chi connectivity index (χ2v) is 26.7. The second-order valence-electron chi connectivity index (χ2n) is 22.4. The highest BCUT2D eigenvalue weighted by atomic mass is 28.3. The standard InChI is InChI=1S/C68H56BN5O2Si/c1-43-20-18-21-44(2)62(43)69-73(47-24-12-9-13-25-47)56-34-32-48(41-57(56)74(69)61-40-46(38-39-70-61)68(3,4)5)76-58-35-37-60-66(67(58)75)72-42-71-63-49(45-22-10-8-11-23-45)30-19-31-54(63)52-28-16-14-26-50(52)51-27-15-17-29-53(51)55-33-36-59(77(60,6)7)65(72)64(55)71/h8-41,75H,1-7H3. The number of fused-ring (bicyclic) bond motifs is 10. The number of anilines is 4. The molecule has 0 radical (unpaired) electrons. The molecular formula is C68H56BN5O2Si. The summed E-state index contributed by atoms with van der Waals surface area (Å²) in [5.41, 5.74) is 20.6. The number of rotatable bonds is 6. The maximum Gasteiger partial charge on any atom is 0.422 e. The first-order chi connectivity index (χ1) is 37.4. The quantitative estimate of drug-likeness (QED) is 0.102. The van der Waals surface area contributed by atoms with Crippen LogP contribution in [0.15, 0.2) is 206 Å². The fourth-order valence-electron chi connectivity index (χ4n) is 12.7. The van der Waals surface area contributed by atoms with Gasteiger partial charge < -0.3 is 19.5 Å². The van der Waals surface area contributed by atoms with Crippen LogP contribution in [0.4, 0.5) is 22.9 Å². The summed E-state index contributed by atoms with van der Waals surface area (Å²) in [5, 5.41) is 15.5. The van der Waals surface area contributed by atoms with E-state index in [1.165, 1.54) is 38.5 Å². The number of para-hydroxylation sites is 2. The molecule has 0 spiro atoms. The van der Waals surface area contributed by atoms with Crippen LogP contribution in [0.3, 0.4) is 0 Å². The fourth-order valence-corrected chi connectivity index (χ4v) is 15.6. The summed E-state index contributed by atoms with van der Waals surface area (Å²) < 4.78 is 11.5. The third-order valence-electron chi connectivity index (χ3n) is 16.4. The molecule has 0 saturated heterocycles. The number of hydrogen-bond donors (Lipinski definition) is 1. The summed E-state index contributed by atoms with van der Waals surface area (Å²) in [5.74, 6) is 1.87. The summed E-state index contributed by atoms with van der Waals surface area (Å²) in [6.45, 7) is 15.7. The van der Waals surface area contributed by atoms with Crippen LogP contribution in [0.5, 0.6) is 17.2 Å². The van der Waals surface area contributed by atoms with Crippen LogP contribution in [-0.2, 0) is 5.41 Å². The van der Waals surface area contributed by atoms with E-state index in [9.17, 15) is 5.11 Å². The van der Waals surface area contributed by atoms with Crippen molar-refractivity contribution in [1.29, 1.82) is 0 Å². The van der Waals surface area contributed by atoms with Gasteiger partial charge in [-0.2, -0.15) is 0 Å². The smallest absolute Gasteiger partial charge is 0.422 e. The molecule has 0 unspecified atom stereocenters. The highest BCUT2D eigenvalue weighted by molar-refractivity contribution is 7.02. The van der Waals surface area contributed by atoms with Crippen molar-refractivity contribution in [1.82, 2.24) is 9.55 Å². The Morgan fingerprint density at radius 1 is 0.584 bits per heavy atom. The van der Waals surface area contributed by atoms with E-state index in [1.54, 1.807) is 0 Å². The molecule has 0 atom stereocenters. The number of imidazole rings is 1. The Labute approximate surface area is 451 Å². The Morgan fingerprint density at radius 3 is 1.90 bits per heavy atom. The van der Waals surface area contributed by atoms with Crippen LogP contribution in [0, 0.1) is 20.2 Å². The third-order valence-corrected chi connectivity index (χ3v) is 19.9. The van der Waals surface area contributed by atoms with Gasteiger partial charge in [-0.25, -0.2) is 4.98 Å². The monoisotopic (exact) mass is 1010 g/mol. The number of pyridine rings is 1. The molecule has 7 nitrogen and oxygen atoms in total. The molecule has 372 valence electrons. The van der Waals surface area contributed by atoms with Gasteiger partial charge in [-0.05, 0) is 128 Å². The van der Waals surface area contributed by atoms with Gasteiger partial charge in [-0.3, -0.25) is 9.13 Å². The fraction of sp³-hybridized carbons (Fsp3) is 0.118. The molecule has 77 heavy (non-hydrogen) atoms. The normalized spacial score (nSPS) is 13.7. The van der Waals surface area contributed by atoms with Gasteiger partial charge in [0.15, 0.2) is 11.5 Å². The lowest BCUT2D eigenvalue weighted by molar-refractivity contribution is -0.570. The molecule has 9 heteroatoms. The van der Waals surface area contributed by atoms with Gasteiger partial charge in [0.1, 0.15) is 25.3 Å². The van der Waals surface area contributed by atoms with E-state index in [0.29, 0.717) is 17.2 Å². The van der Waals surface area contributed by atoms with Crippen LogP contribution in [0.1, 0.15) is 37.5 Å². The van der Waals surface area contributed by atoms with Crippen molar-refractivity contribution in [2.75, 3.05) is 9.62 Å². The molecule has 3 aliphatic rings. The van der Waals surface area contributed by atoms with Crippen molar-refractivity contribution in [3.8, 4) is 73.1 Å². The Kier molecular flexibility index (Phi) is 10.5. The number of aromatic hydroxyl groups is 1. The van der Waals surface area contributed by atoms with Gasteiger partial charge in [0.25, 0.3) is 6.33 Å². The summed E-state index contributed by atoms with van der Waals surface area (Å²) in [7, 11) is -2.53. The van der Waals surface area contributed by atoms with E-state index in [2.05, 4.69) is 261 Å². The van der Waals surface area contributed by atoms with E-state index < -0.39 is 8.07 Å². The first kappa shape index (κ1) is 46.6. The zero-order chi connectivity index (χ0) is 52.5. The number of benzene rings is 9. The highest BCUT2D eigenvalue weighted by Gasteiger charge is 2.46. The molecule has 0 aliphatic carbocycles. The van der Waals surface area contributed by atoms with Crippen LogP contribution in [-0.4, -0.2) is 29.7 Å². The van der Waals surface area contributed by atoms with E-state index in [1.807, 2.05) is 18.3 Å². The first-order valence-electron chi connectivity index (χ1n) is 26.6. The number of aromatic nitrogens is 3. The largest absolute Gasteiger partial charge is 0.508 e. The summed E-state index contributed by atoms with van der Waals surface area (Å²) in [6, 6.07) is 71.5. The lowest BCUT2D eigenvalue weighted by Crippen LogP contribution is -2.57. The van der Waals surface area contributed by atoms with E-state index >= 15 is 0 Å². The number of aryl methyl sites for hydroxylation is 2. The van der Waals surface area contributed by atoms with Crippen LogP contribution < -0.4 is 34.8 Å². The predicted octanol–water partition coefficient (Wildman–Crippen LogP) is 14.3. The molecule has 11 aromatic rings. The lowest BCUT2D eigenvalue weighted by Gasteiger charge is -2.33. The third kappa shape index (κ3) is 7.10. The van der Waals surface area contributed by atoms with Gasteiger partial charge in [-0.15, -0.1) is 0 Å². The summed E-state index contributed by atoms with van der Waals surface area (Å²) in [4.78, 5) is 9.93. The topological polar surface area (TPSA) is 57.6 Å². The Bertz CT molecular complexity index is 4200. The van der Waals surface area contributed by atoms with Gasteiger partial charge in [-0.1, -0.05) is 197 Å². The number of phenols is 1. The van der Waals surface area contributed by atoms with E-state index in [0.717, 1.165) is 78.2 Å². The van der Waals surface area contributed by atoms with Crippen molar-refractivity contribution < 1.29 is 14.4 Å². The van der Waals surface area contributed by atoms with E-state index in [4.69, 9.17) is 9.72 Å². The molecule has 0 fully saturated rings. The van der Waals surface area contributed by atoms with Crippen LogP contribution in [0.2, 0.25) is 13.1 Å². The number of nitrogens with zero attached hydrogens (tertiary/aromatic N) is 5. The Morgan fingerprint density at radius 2 is 1.19 bits per heavy atom. The molecule has 0 amide bonds. The summed E-state index contributed by atoms with van der Waals surface area (Å²) in [6.07, 6.45) is 5.90. The predicted molar refractivity (Wildman–Crippen MR) is 319 cm³/mol. The molecular weight excluding hydrogens is 958 g/mol. The van der Waals surface area contributed by atoms with Crippen molar-refractivity contribution in [3.63, 3.8) is 0 Å². The zero-order valence-electron chi connectivity index (χ0n) is 44.3. The van der Waals surface area contributed by atoms with E-state index in [-0.39, 0.29) is 18.1 Å². The average molecular weight is 1010 g/mol. The zero-order valence-corrected chi connectivity index (χ0v) is 45.3. The minimum absolute atomic E-state index is 0.0741. The molecule has 14 rings (SSSR count). The Balaban J connectivity index is 0.981. The van der Waals surface area contributed by atoms with Gasteiger partial charge in [0, 0.05) is 18.0 Å². The maximum absolute atomic E-state index is 13.1. The van der Waals surface area contributed by atoms with Crippen molar-refractivity contribution in [2.45, 2.75) is 53.1 Å². The molecule has 5 heterocycles. The number of ether oxygens (including phenoxy) is 1. The molecule has 0 saturated carbocycles. The van der Waals surface area contributed by atoms with Crippen molar-refractivity contribution in [2.24, 2.45) is 0 Å². The van der Waals surface area contributed by atoms with Crippen molar-refractivity contribution >= 4 is 64.8 Å². The van der Waals surface area contributed by atoms with Crippen LogP contribution in [0.25, 0.3) is 66.9 Å². The average Bonchev–Trinajstić information content (AvgIpc) is 4.03. The highest BCUT2D eigenvalue weighted by Crippen LogP contribution is 2.51. The Hall–Kier alpha value is -8.92. The minimum atomic E-state index is -2.53. The number of phenolic OH excluding ortho intramolecular Hbond substituents is 1. The second kappa shape index (κ2) is 17.3. The van der Waals surface area contributed by atoms with Gasteiger partial charge in [0.05, 0.1) is 28.1 Å². The lowest BCUT2D eigenvalue weighted by atomic mass is 9.61. The van der Waals surface area contributed by atoms with Crippen molar-refractivity contribution in [3.05, 3.63) is 229 Å². The summed E-state index contributed by atoms with van der Waals surface area (Å²) >= 11 is 0. The maximum atomic E-state index is 13.1. The first-order valence-corrected chi connectivity index (χ1v) is 29.6. The molecule has 1 N–H and O–H groups in total. The SMILES string of the molecule is Cc1cccc(C)c1B1N(c2ccccc2)c2ccc(Oc3ccc4c(c3O)-n3[c-][n+]5c6c(ccc(c63)[Si]4(C)C)-c3ccccc3-c3ccccc3-c3cccc(-c4ccccc4)c3-5)cc2N1c1cc(C(C)(C)C)ccn1. The van der Waals surface area contributed by atoms with Gasteiger partial charge >= 0.3 is 6.98 Å². The minimum Gasteiger partial charge on any atom is -0.508 e. The van der Waals surface area contributed by atoms with Gasteiger partial charge in [0.2, 0.25) is 0 Å². The van der Waals surface area contributed by atoms with Crippen LogP contribution >= 0.6 is 0 Å².